The van der Waals surface area contributed by atoms with E-state index in [4.69, 9.17) is 0 Å². The summed E-state index contributed by atoms with van der Waals surface area (Å²) in [5.74, 6) is -1.87. The van der Waals surface area contributed by atoms with Gasteiger partial charge in [0, 0.05) is 17.1 Å². The Bertz CT molecular complexity index is 604. The van der Waals surface area contributed by atoms with Gasteiger partial charge in [-0.2, -0.15) is 0 Å². The van der Waals surface area contributed by atoms with Crippen molar-refractivity contribution in [1.82, 2.24) is 5.32 Å². The summed E-state index contributed by atoms with van der Waals surface area (Å²) < 4.78 is 27.0. The van der Waals surface area contributed by atoms with Gasteiger partial charge in [-0.15, -0.1) is 0 Å². The second-order valence-electron chi connectivity index (χ2n) is 4.87. The molecule has 0 saturated heterocycles. The average Bonchev–Trinajstić information content (AvgIpc) is 2.48. The molecule has 1 unspecified atom stereocenters. The molecule has 0 aromatic heterocycles. The van der Waals surface area contributed by atoms with Gasteiger partial charge in [-0.25, -0.2) is 8.78 Å². The molecule has 0 spiro atoms. The van der Waals surface area contributed by atoms with Crippen molar-refractivity contribution in [1.29, 1.82) is 0 Å². The number of nitrogens with one attached hydrogen (secondary N) is 1. The van der Waals surface area contributed by atoms with Crippen molar-refractivity contribution in [3.8, 4) is 0 Å². The van der Waals surface area contributed by atoms with E-state index in [-0.39, 0.29) is 12.6 Å². The second kappa shape index (κ2) is 7.11. The van der Waals surface area contributed by atoms with Gasteiger partial charge in [-0.3, -0.25) is 0 Å². The fraction of sp³-hybridized carbons (Fsp3) is 0.250. The Morgan fingerprint density at radius 2 is 1.67 bits per heavy atom. The molecule has 2 nitrogen and oxygen atoms in total. The van der Waals surface area contributed by atoms with Crippen LogP contribution in [0.3, 0.4) is 0 Å². The van der Waals surface area contributed by atoms with Crippen LogP contribution < -0.4 is 5.32 Å². The molecule has 2 atom stereocenters. The van der Waals surface area contributed by atoms with Crippen molar-refractivity contribution >= 4 is 15.9 Å². The number of hydrogen-bond acceptors (Lipinski definition) is 2. The van der Waals surface area contributed by atoms with Crippen LogP contribution in [0.25, 0.3) is 0 Å². The predicted molar refractivity (Wildman–Crippen MR) is 81.9 cm³/mol. The van der Waals surface area contributed by atoms with Gasteiger partial charge >= 0.3 is 0 Å². The van der Waals surface area contributed by atoms with E-state index in [2.05, 4.69) is 21.2 Å². The smallest absolute Gasteiger partial charge is 0.159 e. The van der Waals surface area contributed by atoms with E-state index < -0.39 is 17.7 Å². The molecule has 2 aromatic rings. The van der Waals surface area contributed by atoms with Gasteiger partial charge in [0.15, 0.2) is 11.6 Å². The highest BCUT2D eigenvalue weighted by Gasteiger charge is 2.12. The first-order valence-corrected chi connectivity index (χ1v) is 7.38. The minimum Gasteiger partial charge on any atom is -0.387 e. The van der Waals surface area contributed by atoms with Gasteiger partial charge in [-0.1, -0.05) is 34.1 Å². The van der Waals surface area contributed by atoms with Crippen LogP contribution >= 0.6 is 15.9 Å². The molecule has 2 N–H and O–H groups in total. The van der Waals surface area contributed by atoms with Crippen LogP contribution in [-0.2, 0) is 0 Å². The van der Waals surface area contributed by atoms with E-state index >= 15 is 0 Å². The molecule has 0 bridgehead atoms. The van der Waals surface area contributed by atoms with Crippen molar-refractivity contribution < 1.29 is 13.9 Å². The Balaban J connectivity index is 1.95. The lowest BCUT2D eigenvalue weighted by Crippen LogP contribution is -2.24. The molecule has 21 heavy (non-hydrogen) atoms. The molecule has 2 aromatic carbocycles. The molecule has 0 heterocycles. The molecular formula is C16H16BrF2NO. The van der Waals surface area contributed by atoms with Gasteiger partial charge in [-0.05, 0) is 42.3 Å². The first kappa shape index (κ1) is 16.1. The third-order valence-electron chi connectivity index (χ3n) is 3.32. The van der Waals surface area contributed by atoms with Crippen molar-refractivity contribution in [3.63, 3.8) is 0 Å². The number of aliphatic hydroxyl groups excluding tert-OH is 1. The summed E-state index contributed by atoms with van der Waals surface area (Å²) in [5.41, 5.74) is 1.43. The Morgan fingerprint density at radius 3 is 2.29 bits per heavy atom. The first-order chi connectivity index (χ1) is 9.97. The van der Waals surface area contributed by atoms with Crippen LogP contribution in [0.2, 0.25) is 0 Å². The van der Waals surface area contributed by atoms with Crippen LogP contribution in [0.15, 0.2) is 46.9 Å². The molecule has 112 valence electrons. The average molecular weight is 356 g/mol. The topological polar surface area (TPSA) is 32.3 Å². The fourth-order valence-corrected chi connectivity index (χ4v) is 2.26. The van der Waals surface area contributed by atoms with E-state index in [0.29, 0.717) is 5.56 Å². The van der Waals surface area contributed by atoms with Crippen molar-refractivity contribution in [2.75, 3.05) is 6.54 Å². The Hall–Kier alpha value is -1.30. The monoisotopic (exact) mass is 355 g/mol. The third-order valence-corrected chi connectivity index (χ3v) is 3.84. The number of rotatable bonds is 5. The SMILES string of the molecule is C[C@H](NCC(O)c1ccc(F)c(F)c1)c1ccc(Br)cc1. The summed E-state index contributed by atoms with van der Waals surface area (Å²) in [5, 5.41) is 13.2. The first-order valence-electron chi connectivity index (χ1n) is 6.59. The Labute approximate surface area is 130 Å². The summed E-state index contributed by atoms with van der Waals surface area (Å²) in [6.45, 7) is 2.23. The minimum atomic E-state index is -0.951. The van der Waals surface area contributed by atoms with E-state index in [1.54, 1.807) is 0 Å². The summed E-state index contributed by atoms with van der Waals surface area (Å²) in [7, 11) is 0. The highest BCUT2D eigenvalue weighted by molar-refractivity contribution is 9.10. The quantitative estimate of drug-likeness (QED) is 0.845. The molecule has 0 saturated carbocycles. The molecule has 2 rings (SSSR count). The molecule has 0 aliphatic rings. The standard InChI is InChI=1S/C16H16BrF2NO/c1-10(11-2-5-13(17)6-3-11)20-9-16(21)12-4-7-14(18)15(19)8-12/h2-8,10,16,20-21H,9H2,1H3/t10-,16?/m0/s1. The fourth-order valence-electron chi connectivity index (χ4n) is 2.00. The maximum absolute atomic E-state index is 13.1. The van der Waals surface area contributed by atoms with Crippen LogP contribution in [0.4, 0.5) is 8.78 Å². The van der Waals surface area contributed by atoms with E-state index in [9.17, 15) is 13.9 Å². The third kappa shape index (κ3) is 4.33. The molecule has 0 fully saturated rings. The van der Waals surface area contributed by atoms with Crippen LogP contribution in [-0.4, -0.2) is 11.7 Å². The molecule has 5 heteroatoms. The summed E-state index contributed by atoms with van der Waals surface area (Å²) in [4.78, 5) is 0. The zero-order valence-electron chi connectivity index (χ0n) is 11.5. The lowest BCUT2D eigenvalue weighted by atomic mass is 10.1. The van der Waals surface area contributed by atoms with Gasteiger partial charge < -0.3 is 10.4 Å². The van der Waals surface area contributed by atoms with E-state index in [1.807, 2.05) is 31.2 Å². The van der Waals surface area contributed by atoms with Gasteiger partial charge in [0.2, 0.25) is 0 Å². The van der Waals surface area contributed by atoms with Crippen LogP contribution in [0.5, 0.6) is 0 Å². The maximum Gasteiger partial charge on any atom is 0.159 e. The number of halogens is 3. The summed E-state index contributed by atoms with van der Waals surface area (Å²) >= 11 is 3.37. The van der Waals surface area contributed by atoms with Gasteiger partial charge in [0.1, 0.15) is 0 Å². The Kier molecular flexibility index (Phi) is 5.45. The predicted octanol–water partition coefficient (Wildman–Crippen LogP) is 4.11. The normalized spacial score (nSPS) is 14.0. The highest BCUT2D eigenvalue weighted by atomic mass is 79.9. The molecule has 0 radical (unpaired) electrons. The van der Waals surface area contributed by atoms with Crippen LogP contribution in [0, 0.1) is 11.6 Å². The summed E-state index contributed by atoms with van der Waals surface area (Å²) in [6, 6.07) is 11.3. The highest BCUT2D eigenvalue weighted by Crippen LogP contribution is 2.19. The molecule has 0 aliphatic heterocycles. The lowest BCUT2D eigenvalue weighted by molar-refractivity contribution is 0.170. The van der Waals surface area contributed by atoms with Crippen molar-refractivity contribution in [2.24, 2.45) is 0 Å². The van der Waals surface area contributed by atoms with Crippen molar-refractivity contribution in [3.05, 3.63) is 69.7 Å². The van der Waals surface area contributed by atoms with Crippen molar-refractivity contribution in [2.45, 2.75) is 19.1 Å². The summed E-state index contributed by atoms with van der Waals surface area (Å²) in [6.07, 6.45) is -0.891. The second-order valence-corrected chi connectivity index (χ2v) is 5.79. The zero-order valence-corrected chi connectivity index (χ0v) is 13.1. The zero-order chi connectivity index (χ0) is 15.4. The largest absolute Gasteiger partial charge is 0.387 e. The Morgan fingerprint density at radius 1 is 1.05 bits per heavy atom. The number of aliphatic hydroxyl groups is 1. The van der Waals surface area contributed by atoms with Crippen LogP contribution in [0.1, 0.15) is 30.2 Å². The number of benzene rings is 2. The molecule has 0 amide bonds. The van der Waals surface area contributed by atoms with Gasteiger partial charge in [0.05, 0.1) is 6.10 Å². The number of hydrogen-bond donors (Lipinski definition) is 2. The van der Waals surface area contributed by atoms with E-state index in [1.165, 1.54) is 6.07 Å². The molecule has 0 aliphatic carbocycles. The lowest BCUT2D eigenvalue weighted by Gasteiger charge is -2.18. The minimum absolute atomic E-state index is 0.0399. The maximum atomic E-state index is 13.1. The molecular weight excluding hydrogens is 340 g/mol. The van der Waals surface area contributed by atoms with E-state index in [0.717, 1.165) is 22.2 Å². The van der Waals surface area contributed by atoms with Gasteiger partial charge in [0.25, 0.3) is 0 Å².